The lowest BCUT2D eigenvalue weighted by Gasteiger charge is -2.41. The van der Waals surface area contributed by atoms with Gasteiger partial charge in [-0.25, -0.2) is 0 Å². The van der Waals surface area contributed by atoms with Crippen LogP contribution >= 0.6 is 22.6 Å². The zero-order chi connectivity index (χ0) is 33.9. The number of halogens is 1. The van der Waals surface area contributed by atoms with Crippen LogP contribution < -0.4 is 24.3 Å². The fraction of sp³-hybridized carbons (Fsp3) is 0.371. The molecule has 0 radical (unpaired) electrons. The van der Waals surface area contributed by atoms with E-state index in [-0.39, 0.29) is 45.1 Å². The first-order chi connectivity index (χ1) is 22.7. The molecule has 12 heteroatoms. The number of nitrogens with zero attached hydrogens (tertiary/aromatic N) is 1. The van der Waals surface area contributed by atoms with E-state index in [2.05, 4.69) is 27.9 Å². The Morgan fingerprint density at radius 1 is 0.957 bits per heavy atom. The second kappa shape index (κ2) is 17.3. The Hall–Kier alpha value is -3.85. The number of carbonyl (C=O) groups excluding carboxylic acids is 2. The number of aliphatic hydroxyl groups excluding tert-OH is 3. The van der Waals surface area contributed by atoms with Crippen molar-refractivity contribution in [3.05, 3.63) is 92.6 Å². The molecule has 3 aromatic rings. The summed E-state index contributed by atoms with van der Waals surface area (Å²) in [6, 6.07) is 17.3. The maximum Gasteiger partial charge on any atom is 0.247 e. The lowest BCUT2D eigenvalue weighted by Crippen LogP contribution is -2.56. The minimum atomic E-state index is -1.24. The third-order valence-corrected chi connectivity index (χ3v) is 8.77. The van der Waals surface area contributed by atoms with Crippen molar-refractivity contribution in [2.45, 2.75) is 44.1 Å². The van der Waals surface area contributed by atoms with Crippen molar-refractivity contribution in [3.8, 4) is 23.0 Å². The molecule has 3 atom stereocenters. The molecule has 4 rings (SSSR count). The first kappa shape index (κ1) is 36.0. The second-order valence-corrected chi connectivity index (χ2v) is 12.1. The number of hydrogen-bond acceptors (Lipinski definition) is 9. The third-order valence-electron chi connectivity index (χ3n) is 7.97. The van der Waals surface area contributed by atoms with Crippen LogP contribution in [0.25, 0.3) is 0 Å². The van der Waals surface area contributed by atoms with Crippen molar-refractivity contribution < 1.29 is 43.9 Å². The Balaban J connectivity index is 1.74. The van der Waals surface area contributed by atoms with Gasteiger partial charge in [-0.1, -0.05) is 30.3 Å². The van der Waals surface area contributed by atoms with Gasteiger partial charge in [0.15, 0.2) is 11.5 Å². The van der Waals surface area contributed by atoms with Crippen LogP contribution in [-0.4, -0.2) is 91.3 Å². The van der Waals surface area contributed by atoms with Crippen LogP contribution in [-0.2, 0) is 29.0 Å². The fourth-order valence-electron chi connectivity index (χ4n) is 5.56. The molecule has 0 saturated heterocycles. The number of rotatable bonds is 15. The Morgan fingerprint density at radius 3 is 2.36 bits per heavy atom. The quantitative estimate of drug-likeness (QED) is 0.172. The molecule has 252 valence electrons. The van der Waals surface area contributed by atoms with Crippen molar-refractivity contribution in [2.75, 3.05) is 41.0 Å². The molecular formula is C35H41IN2O9. The van der Waals surface area contributed by atoms with Crippen molar-refractivity contribution in [1.29, 1.82) is 0 Å². The summed E-state index contributed by atoms with van der Waals surface area (Å²) in [5.41, 5.74) is 2.53. The summed E-state index contributed by atoms with van der Waals surface area (Å²) in [6.07, 6.45) is -0.243. The lowest BCUT2D eigenvalue weighted by atomic mass is 9.87. The van der Waals surface area contributed by atoms with Gasteiger partial charge in [-0.05, 0) is 82.1 Å². The molecule has 47 heavy (non-hydrogen) atoms. The summed E-state index contributed by atoms with van der Waals surface area (Å²) >= 11 is 2.06. The van der Waals surface area contributed by atoms with Crippen molar-refractivity contribution >= 4 is 34.4 Å². The molecule has 0 aliphatic heterocycles. The molecule has 1 aliphatic rings. The van der Waals surface area contributed by atoms with Gasteiger partial charge in [0.25, 0.3) is 0 Å². The van der Waals surface area contributed by atoms with Crippen LogP contribution in [0.3, 0.4) is 0 Å². The topological polar surface area (TPSA) is 147 Å². The van der Waals surface area contributed by atoms with E-state index in [0.29, 0.717) is 44.1 Å². The molecule has 4 N–H and O–H groups in total. The largest absolute Gasteiger partial charge is 0.497 e. The molecule has 0 heterocycles. The summed E-state index contributed by atoms with van der Waals surface area (Å²) in [7, 11) is 4.62. The predicted molar refractivity (Wildman–Crippen MR) is 184 cm³/mol. The Labute approximate surface area is 288 Å². The molecule has 3 unspecified atom stereocenters. The van der Waals surface area contributed by atoms with Crippen LogP contribution in [0.15, 0.2) is 72.3 Å². The van der Waals surface area contributed by atoms with E-state index in [1.165, 1.54) is 7.11 Å². The number of ether oxygens (including phenoxy) is 4. The molecule has 0 spiro atoms. The average Bonchev–Trinajstić information content (AvgIpc) is 3.09. The van der Waals surface area contributed by atoms with Crippen LogP contribution in [0, 0.1) is 3.57 Å². The molecule has 0 bridgehead atoms. The number of nitrogens with one attached hydrogen (secondary N) is 1. The zero-order valence-corrected chi connectivity index (χ0v) is 28.8. The smallest absolute Gasteiger partial charge is 0.247 e. The van der Waals surface area contributed by atoms with E-state index in [1.807, 2.05) is 36.4 Å². The van der Waals surface area contributed by atoms with E-state index in [1.54, 1.807) is 49.5 Å². The Kier molecular flexibility index (Phi) is 13.3. The van der Waals surface area contributed by atoms with Gasteiger partial charge in [0.1, 0.15) is 23.7 Å². The lowest BCUT2D eigenvalue weighted by molar-refractivity contribution is -0.137. The number of amides is 2. The van der Waals surface area contributed by atoms with Gasteiger partial charge in [0.05, 0.1) is 50.6 Å². The molecule has 2 amide bonds. The average molecular weight is 761 g/mol. The van der Waals surface area contributed by atoms with Crippen molar-refractivity contribution in [3.63, 3.8) is 0 Å². The third kappa shape index (κ3) is 9.15. The molecule has 0 fully saturated rings. The first-order valence-corrected chi connectivity index (χ1v) is 16.3. The molecule has 3 aromatic carbocycles. The van der Waals surface area contributed by atoms with Gasteiger partial charge in [-0.2, -0.15) is 0 Å². The molecular weight excluding hydrogens is 719 g/mol. The number of carbonyl (C=O) groups is 2. The summed E-state index contributed by atoms with van der Waals surface area (Å²) < 4.78 is 23.5. The highest BCUT2D eigenvalue weighted by atomic mass is 127. The standard InChI is InChI=1S/C35H41IN2O9/c1-44-26-9-10-29(45-2)24(18-26)11-13-38(32(41)17-22-7-5-4-6-8-22)28-19-25(35(43)37-12-14-39)20-30(33(28)42)47-34-27(36)15-23(21-40)16-31(34)46-3/h4-10,15-16,18,20,28,30,33,39-40,42H,11-14,17,19,21H2,1-3H3,(H,37,43). The molecule has 0 aromatic heterocycles. The Morgan fingerprint density at radius 2 is 1.70 bits per heavy atom. The minimum absolute atomic E-state index is 0.0372. The van der Waals surface area contributed by atoms with Crippen molar-refractivity contribution in [2.24, 2.45) is 0 Å². The summed E-state index contributed by atoms with van der Waals surface area (Å²) in [6.45, 7) is -0.217. The highest BCUT2D eigenvalue weighted by Gasteiger charge is 2.41. The highest BCUT2D eigenvalue weighted by molar-refractivity contribution is 14.1. The van der Waals surface area contributed by atoms with Gasteiger partial charge in [0, 0.05) is 25.1 Å². The molecule has 0 saturated carbocycles. The van der Waals surface area contributed by atoms with E-state index in [4.69, 9.17) is 18.9 Å². The van der Waals surface area contributed by atoms with E-state index in [0.717, 1.165) is 11.1 Å². The maximum atomic E-state index is 14.1. The van der Waals surface area contributed by atoms with Gasteiger partial charge < -0.3 is 44.5 Å². The van der Waals surface area contributed by atoms with Crippen LogP contribution in [0.4, 0.5) is 0 Å². The summed E-state index contributed by atoms with van der Waals surface area (Å²) in [5, 5.41) is 33.6. The van der Waals surface area contributed by atoms with Crippen LogP contribution in [0.2, 0.25) is 0 Å². The van der Waals surface area contributed by atoms with Gasteiger partial charge in [-0.3, -0.25) is 9.59 Å². The van der Waals surface area contributed by atoms with Crippen LogP contribution in [0.1, 0.15) is 23.1 Å². The van der Waals surface area contributed by atoms with Crippen molar-refractivity contribution in [1.82, 2.24) is 10.2 Å². The SMILES string of the molecule is COc1ccc(OC)c(CCN(C(=O)Cc2ccccc2)C2CC(C(=O)NCCO)=CC(Oc3c(I)cc(CO)cc3OC)C2O)c1. The monoisotopic (exact) mass is 760 g/mol. The van der Waals surface area contributed by atoms with Gasteiger partial charge in [0.2, 0.25) is 11.8 Å². The molecule has 1 aliphatic carbocycles. The number of hydrogen-bond donors (Lipinski definition) is 4. The zero-order valence-electron chi connectivity index (χ0n) is 26.6. The fourth-order valence-corrected chi connectivity index (χ4v) is 6.35. The first-order valence-electron chi connectivity index (χ1n) is 15.2. The number of aliphatic hydroxyl groups is 3. The van der Waals surface area contributed by atoms with Gasteiger partial charge >= 0.3 is 0 Å². The summed E-state index contributed by atoms with van der Waals surface area (Å²) in [4.78, 5) is 29.0. The Bertz CT molecular complexity index is 1550. The van der Waals surface area contributed by atoms with Crippen LogP contribution in [0.5, 0.6) is 23.0 Å². The van der Waals surface area contributed by atoms with E-state index in [9.17, 15) is 24.9 Å². The predicted octanol–water partition coefficient (Wildman–Crippen LogP) is 3.04. The van der Waals surface area contributed by atoms with Gasteiger partial charge in [-0.15, -0.1) is 0 Å². The number of benzene rings is 3. The summed E-state index contributed by atoms with van der Waals surface area (Å²) in [5.74, 6) is 1.25. The maximum absolute atomic E-state index is 14.1. The number of methoxy groups -OCH3 is 3. The minimum Gasteiger partial charge on any atom is -0.497 e. The highest BCUT2D eigenvalue weighted by Crippen LogP contribution is 2.37. The molecule has 11 nitrogen and oxygen atoms in total. The van der Waals surface area contributed by atoms with E-state index < -0.39 is 24.2 Å². The normalized spacial score (nSPS) is 17.3. The van der Waals surface area contributed by atoms with E-state index >= 15 is 0 Å². The second-order valence-electron chi connectivity index (χ2n) is 11.0.